The van der Waals surface area contributed by atoms with Crippen molar-refractivity contribution in [1.29, 1.82) is 0 Å². The SMILES string of the molecule is CC1C(=O)NN=C(N(N)CCCc2nn[nH]n2)C1C. The van der Waals surface area contributed by atoms with Gasteiger partial charge in [-0.15, -0.1) is 10.2 Å². The minimum atomic E-state index is -0.129. The number of carbonyl (C=O) groups excluding carboxylic acids is 1. The normalized spacial score (nSPS) is 22.9. The number of nitrogens with one attached hydrogen (secondary N) is 2. The Balaban J connectivity index is 1.85. The summed E-state index contributed by atoms with van der Waals surface area (Å²) in [7, 11) is 0. The molecule has 0 saturated heterocycles. The Hall–Kier alpha value is -2.03. The Morgan fingerprint density at radius 3 is 2.84 bits per heavy atom. The molecule has 0 fully saturated rings. The fraction of sp³-hybridized carbons (Fsp3) is 0.700. The summed E-state index contributed by atoms with van der Waals surface area (Å²) in [6, 6.07) is 0. The fourth-order valence-electron chi connectivity index (χ4n) is 1.90. The number of amidine groups is 1. The number of H-pyrrole nitrogens is 1. The van der Waals surface area contributed by atoms with E-state index in [9.17, 15) is 4.79 Å². The highest BCUT2D eigenvalue weighted by Gasteiger charge is 2.30. The number of hydrazine groups is 1. The molecule has 9 heteroatoms. The zero-order chi connectivity index (χ0) is 13.8. The van der Waals surface area contributed by atoms with Crippen LogP contribution in [0.2, 0.25) is 0 Å². The molecular weight excluding hydrogens is 248 g/mol. The highest BCUT2D eigenvalue weighted by molar-refractivity contribution is 5.93. The first-order valence-corrected chi connectivity index (χ1v) is 6.21. The van der Waals surface area contributed by atoms with Crippen molar-refractivity contribution in [2.45, 2.75) is 26.7 Å². The summed E-state index contributed by atoms with van der Waals surface area (Å²) < 4.78 is 0. The van der Waals surface area contributed by atoms with E-state index in [-0.39, 0.29) is 17.7 Å². The lowest BCUT2D eigenvalue weighted by molar-refractivity contribution is -0.125. The fourth-order valence-corrected chi connectivity index (χ4v) is 1.90. The number of hydrogen-bond donors (Lipinski definition) is 3. The van der Waals surface area contributed by atoms with Gasteiger partial charge in [0.05, 0.1) is 0 Å². The van der Waals surface area contributed by atoms with E-state index in [0.29, 0.717) is 24.6 Å². The van der Waals surface area contributed by atoms with Crippen molar-refractivity contribution in [3.8, 4) is 0 Å². The third-order valence-electron chi connectivity index (χ3n) is 3.33. The third-order valence-corrected chi connectivity index (χ3v) is 3.33. The van der Waals surface area contributed by atoms with Gasteiger partial charge in [-0.2, -0.15) is 10.3 Å². The topological polar surface area (TPSA) is 125 Å². The number of nitrogens with two attached hydrogens (primary N) is 1. The molecule has 0 saturated carbocycles. The summed E-state index contributed by atoms with van der Waals surface area (Å²) in [5.74, 6) is 7.13. The van der Waals surface area contributed by atoms with Crippen molar-refractivity contribution in [2.75, 3.05) is 6.54 Å². The average molecular weight is 266 g/mol. The van der Waals surface area contributed by atoms with Crippen LogP contribution in [-0.4, -0.2) is 43.9 Å². The van der Waals surface area contributed by atoms with Gasteiger partial charge in [-0.1, -0.05) is 19.1 Å². The highest BCUT2D eigenvalue weighted by Crippen LogP contribution is 2.18. The molecule has 2 unspecified atom stereocenters. The number of rotatable bonds is 4. The molecule has 9 nitrogen and oxygen atoms in total. The molecule has 1 aromatic rings. The Morgan fingerprint density at radius 1 is 1.37 bits per heavy atom. The summed E-state index contributed by atoms with van der Waals surface area (Å²) in [5, 5.41) is 19.2. The van der Waals surface area contributed by atoms with Crippen molar-refractivity contribution in [3.63, 3.8) is 0 Å². The van der Waals surface area contributed by atoms with Crippen LogP contribution in [0.25, 0.3) is 0 Å². The molecule has 2 rings (SSSR count). The second-order valence-corrected chi connectivity index (χ2v) is 4.65. The number of carbonyl (C=O) groups is 1. The minimum Gasteiger partial charge on any atom is -0.297 e. The lowest BCUT2D eigenvalue weighted by Gasteiger charge is -2.30. The molecule has 2 atom stereocenters. The van der Waals surface area contributed by atoms with Crippen LogP contribution in [0.4, 0.5) is 0 Å². The highest BCUT2D eigenvalue weighted by atomic mass is 16.2. The van der Waals surface area contributed by atoms with Gasteiger partial charge in [-0.05, 0) is 6.42 Å². The van der Waals surface area contributed by atoms with Crippen LogP contribution in [-0.2, 0) is 11.2 Å². The molecule has 104 valence electrons. The molecule has 1 aromatic heterocycles. The number of amides is 1. The molecular formula is C10H18N8O. The van der Waals surface area contributed by atoms with Gasteiger partial charge in [-0.3, -0.25) is 9.80 Å². The van der Waals surface area contributed by atoms with E-state index >= 15 is 0 Å². The Morgan fingerprint density at radius 2 is 2.16 bits per heavy atom. The average Bonchev–Trinajstić information content (AvgIpc) is 2.89. The second-order valence-electron chi connectivity index (χ2n) is 4.65. The van der Waals surface area contributed by atoms with Crippen molar-refractivity contribution < 1.29 is 4.79 Å². The number of tetrazole rings is 1. The van der Waals surface area contributed by atoms with E-state index in [1.807, 2.05) is 13.8 Å². The molecule has 0 aliphatic carbocycles. The van der Waals surface area contributed by atoms with Gasteiger partial charge < -0.3 is 0 Å². The molecule has 0 radical (unpaired) electrons. The molecule has 1 aliphatic heterocycles. The van der Waals surface area contributed by atoms with Crippen molar-refractivity contribution in [1.82, 2.24) is 31.1 Å². The summed E-state index contributed by atoms with van der Waals surface area (Å²) in [6.45, 7) is 4.42. The predicted molar refractivity (Wildman–Crippen MR) is 67.3 cm³/mol. The zero-order valence-electron chi connectivity index (χ0n) is 11.0. The van der Waals surface area contributed by atoms with Crippen LogP contribution in [0.15, 0.2) is 5.10 Å². The number of hydrazone groups is 1. The minimum absolute atomic E-state index is 0.00363. The molecule has 0 spiro atoms. The van der Waals surface area contributed by atoms with Gasteiger partial charge in [0.2, 0.25) is 5.91 Å². The van der Waals surface area contributed by atoms with Crippen LogP contribution in [0.5, 0.6) is 0 Å². The predicted octanol–water partition coefficient (Wildman–Crippen LogP) is -0.976. The number of aromatic nitrogens is 4. The first kappa shape index (κ1) is 13.4. The zero-order valence-corrected chi connectivity index (χ0v) is 11.0. The monoisotopic (exact) mass is 266 g/mol. The van der Waals surface area contributed by atoms with Gasteiger partial charge in [0, 0.05) is 24.8 Å². The van der Waals surface area contributed by atoms with Crippen molar-refractivity contribution in [2.24, 2.45) is 22.8 Å². The van der Waals surface area contributed by atoms with Crippen LogP contribution in [0, 0.1) is 11.8 Å². The summed E-state index contributed by atoms with van der Waals surface area (Å²) in [6.07, 6.45) is 1.47. The van der Waals surface area contributed by atoms with Gasteiger partial charge in [0.1, 0.15) is 5.84 Å². The largest absolute Gasteiger partial charge is 0.297 e. The Bertz CT molecular complexity index is 456. The number of nitrogens with zero attached hydrogens (tertiary/aromatic N) is 5. The quantitative estimate of drug-likeness (QED) is 0.475. The Kier molecular flexibility index (Phi) is 4.05. The van der Waals surface area contributed by atoms with E-state index in [0.717, 1.165) is 6.42 Å². The standard InChI is InChI=1S/C10H18N8O/c1-6-7(2)10(19)15-14-9(6)18(11)5-3-4-8-12-16-17-13-8/h6-7H,3-5,11H2,1-2H3,(H,15,19)(H,12,13,16,17). The number of aromatic amines is 1. The van der Waals surface area contributed by atoms with Crippen LogP contribution in [0.1, 0.15) is 26.1 Å². The van der Waals surface area contributed by atoms with Crippen LogP contribution in [0.3, 0.4) is 0 Å². The van der Waals surface area contributed by atoms with E-state index in [1.54, 1.807) is 5.01 Å². The summed E-state index contributed by atoms with van der Waals surface area (Å²) >= 11 is 0. The maximum absolute atomic E-state index is 11.4. The van der Waals surface area contributed by atoms with E-state index in [1.165, 1.54) is 0 Å². The van der Waals surface area contributed by atoms with Gasteiger partial charge >= 0.3 is 0 Å². The molecule has 1 amide bonds. The second kappa shape index (κ2) is 5.74. The summed E-state index contributed by atoms with van der Waals surface area (Å²) in [4.78, 5) is 11.4. The lowest BCUT2D eigenvalue weighted by atomic mass is 9.92. The lowest BCUT2D eigenvalue weighted by Crippen LogP contribution is -2.50. The van der Waals surface area contributed by atoms with Gasteiger partial charge in [0.25, 0.3) is 0 Å². The number of aryl methyl sites for hydroxylation is 1. The van der Waals surface area contributed by atoms with Gasteiger partial charge in [-0.25, -0.2) is 11.3 Å². The molecule has 19 heavy (non-hydrogen) atoms. The van der Waals surface area contributed by atoms with Gasteiger partial charge in [0.15, 0.2) is 5.82 Å². The smallest absolute Gasteiger partial charge is 0.243 e. The molecule has 0 aromatic carbocycles. The van der Waals surface area contributed by atoms with Crippen molar-refractivity contribution >= 4 is 11.7 Å². The first-order chi connectivity index (χ1) is 9.09. The maximum atomic E-state index is 11.4. The third kappa shape index (κ3) is 3.05. The molecule has 0 bridgehead atoms. The van der Waals surface area contributed by atoms with E-state index < -0.39 is 0 Å². The van der Waals surface area contributed by atoms with Crippen LogP contribution >= 0.6 is 0 Å². The summed E-state index contributed by atoms with van der Waals surface area (Å²) in [5.41, 5.74) is 2.48. The van der Waals surface area contributed by atoms with E-state index in [2.05, 4.69) is 31.2 Å². The molecule has 4 N–H and O–H groups in total. The van der Waals surface area contributed by atoms with Crippen LogP contribution < -0.4 is 11.3 Å². The number of hydrogen-bond acceptors (Lipinski definition) is 7. The molecule has 1 aliphatic rings. The Labute approximate surface area is 110 Å². The van der Waals surface area contributed by atoms with E-state index in [4.69, 9.17) is 5.84 Å². The first-order valence-electron chi connectivity index (χ1n) is 6.21. The maximum Gasteiger partial charge on any atom is 0.243 e. The van der Waals surface area contributed by atoms with Crippen molar-refractivity contribution in [3.05, 3.63) is 5.82 Å². The molecule has 2 heterocycles.